The summed E-state index contributed by atoms with van der Waals surface area (Å²) in [5.41, 5.74) is 16.7. The molecule has 0 spiro atoms. The number of nitrogens with zero attached hydrogens (tertiary/aromatic N) is 1. The quantitative estimate of drug-likeness (QED) is 0.104. The highest BCUT2D eigenvalue weighted by Gasteiger charge is 2.46. The molecule has 3 aliphatic heterocycles. The number of nitrogens with two attached hydrogens (primary N) is 3. The Bertz CT molecular complexity index is 1140. The zero-order valence-corrected chi connectivity index (χ0v) is 23.8. The first-order valence-corrected chi connectivity index (χ1v) is 14.8. The van der Waals surface area contributed by atoms with Gasteiger partial charge >= 0.3 is 5.69 Å². The molecule has 240 valence electrons. The van der Waals surface area contributed by atoms with E-state index in [2.05, 4.69) is 4.98 Å². The van der Waals surface area contributed by atoms with Crippen LogP contribution in [0.5, 0.6) is 0 Å². The molecular formula is C24H41N5O12S. The number of aromatic nitrogens is 2. The zero-order chi connectivity index (χ0) is 30.7. The molecule has 42 heavy (non-hydrogen) atoms. The van der Waals surface area contributed by atoms with E-state index in [9.17, 15) is 35.1 Å². The molecule has 4 heterocycles. The molecule has 3 fully saturated rings. The molecule has 0 aromatic carbocycles. The second-order valence-corrected chi connectivity index (χ2v) is 11.8. The Labute approximate surface area is 244 Å². The molecule has 0 bridgehead atoms. The molecule has 1 aromatic rings. The maximum atomic E-state index is 12.1. The Kier molecular flexibility index (Phi) is 11.6. The molecule has 0 unspecified atom stereocenters. The van der Waals surface area contributed by atoms with E-state index in [0.29, 0.717) is 17.1 Å². The highest BCUT2D eigenvalue weighted by molar-refractivity contribution is 7.99. The van der Waals surface area contributed by atoms with Gasteiger partial charge in [-0.15, -0.1) is 0 Å². The lowest BCUT2D eigenvalue weighted by Crippen LogP contribution is -2.65. The van der Waals surface area contributed by atoms with Gasteiger partial charge in [-0.1, -0.05) is 0 Å². The van der Waals surface area contributed by atoms with Crippen molar-refractivity contribution in [2.75, 3.05) is 31.3 Å². The van der Waals surface area contributed by atoms with Crippen molar-refractivity contribution in [3.63, 3.8) is 0 Å². The Morgan fingerprint density at radius 2 is 1.57 bits per heavy atom. The summed E-state index contributed by atoms with van der Waals surface area (Å²) in [6.45, 7) is 1.33. The number of aliphatic hydroxyl groups excluding tert-OH is 5. The number of aryl methyl sites for hydroxylation is 1. The van der Waals surface area contributed by atoms with Crippen LogP contribution in [0.4, 0.5) is 0 Å². The fourth-order valence-electron chi connectivity index (χ4n) is 4.99. The lowest BCUT2D eigenvalue weighted by atomic mass is 9.97. The molecule has 3 saturated heterocycles. The maximum Gasteiger partial charge on any atom is 0.330 e. The summed E-state index contributed by atoms with van der Waals surface area (Å²) in [6.07, 6.45) is -10.2. The number of rotatable bonds is 11. The Hall–Kier alpha value is -1.49. The van der Waals surface area contributed by atoms with Crippen molar-refractivity contribution in [3.05, 3.63) is 32.6 Å². The fraction of sp³-hybridized carbons (Fsp3) is 0.833. The molecule has 1 aromatic heterocycles. The van der Waals surface area contributed by atoms with Crippen LogP contribution in [0, 0.1) is 6.92 Å². The Balaban J connectivity index is 1.22. The minimum Gasteiger partial charge on any atom is -0.390 e. The number of nitrogens with one attached hydrogen (secondary N) is 1. The summed E-state index contributed by atoms with van der Waals surface area (Å²) < 4.78 is 29.7. The maximum absolute atomic E-state index is 12.1. The van der Waals surface area contributed by atoms with Crippen LogP contribution in [-0.2, 0) is 23.7 Å². The molecule has 0 amide bonds. The van der Waals surface area contributed by atoms with Gasteiger partial charge in [0.25, 0.3) is 5.56 Å². The van der Waals surface area contributed by atoms with Crippen molar-refractivity contribution >= 4 is 11.8 Å². The second-order valence-electron chi connectivity index (χ2n) is 10.6. The van der Waals surface area contributed by atoms with Gasteiger partial charge in [0.1, 0.15) is 42.9 Å². The number of aliphatic hydroxyl groups is 5. The van der Waals surface area contributed by atoms with Crippen molar-refractivity contribution in [1.82, 2.24) is 9.55 Å². The number of H-pyrrole nitrogens is 1. The van der Waals surface area contributed by atoms with Crippen LogP contribution in [0.3, 0.4) is 0 Å². The van der Waals surface area contributed by atoms with E-state index in [4.69, 9.17) is 40.9 Å². The van der Waals surface area contributed by atoms with Gasteiger partial charge in [0.2, 0.25) is 0 Å². The van der Waals surface area contributed by atoms with Gasteiger partial charge in [-0.25, -0.2) is 4.79 Å². The van der Waals surface area contributed by atoms with E-state index in [-0.39, 0.29) is 26.2 Å². The van der Waals surface area contributed by atoms with Gasteiger partial charge in [0.05, 0.1) is 37.5 Å². The van der Waals surface area contributed by atoms with Gasteiger partial charge in [-0.3, -0.25) is 14.3 Å². The number of hydrogen-bond donors (Lipinski definition) is 9. The van der Waals surface area contributed by atoms with Crippen LogP contribution < -0.4 is 28.5 Å². The molecule has 3 aliphatic rings. The van der Waals surface area contributed by atoms with Crippen LogP contribution in [0.15, 0.2) is 15.8 Å². The van der Waals surface area contributed by atoms with E-state index >= 15 is 0 Å². The molecule has 0 radical (unpaired) electrons. The average Bonchev–Trinajstić information content (AvgIpc) is 3.33. The lowest BCUT2D eigenvalue weighted by molar-refractivity contribution is -0.296. The van der Waals surface area contributed by atoms with Crippen LogP contribution in [-0.4, -0.2) is 140 Å². The Morgan fingerprint density at radius 1 is 0.952 bits per heavy atom. The highest BCUT2D eigenvalue weighted by atomic mass is 32.2. The number of hydrogen-bond acceptors (Lipinski definition) is 16. The number of thioether (sulfide) groups is 1. The van der Waals surface area contributed by atoms with Gasteiger partial charge < -0.3 is 66.4 Å². The van der Waals surface area contributed by atoms with Crippen LogP contribution in [0.25, 0.3) is 0 Å². The third kappa shape index (κ3) is 7.41. The second kappa shape index (κ2) is 14.5. The first-order valence-electron chi connectivity index (χ1n) is 13.6. The summed E-state index contributed by atoms with van der Waals surface area (Å²) in [5.74, 6) is 0.826. The van der Waals surface area contributed by atoms with Crippen molar-refractivity contribution in [2.45, 2.75) is 93.1 Å². The first kappa shape index (κ1) is 33.4. The topological polar surface area (TPSA) is 280 Å². The lowest BCUT2D eigenvalue weighted by Gasteiger charge is -2.43. The van der Waals surface area contributed by atoms with E-state index in [0.717, 1.165) is 0 Å². The number of aromatic amines is 1. The van der Waals surface area contributed by atoms with Gasteiger partial charge in [0, 0.05) is 36.2 Å². The molecule has 17 nitrogen and oxygen atoms in total. The molecule has 4 rings (SSSR count). The average molecular weight is 624 g/mol. The predicted octanol–water partition coefficient (Wildman–Crippen LogP) is -5.23. The summed E-state index contributed by atoms with van der Waals surface area (Å²) in [4.78, 5) is 26.0. The van der Waals surface area contributed by atoms with Gasteiger partial charge in [-0.05, 0) is 6.92 Å². The van der Waals surface area contributed by atoms with Gasteiger partial charge in [-0.2, -0.15) is 11.8 Å². The summed E-state index contributed by atoms with van der Waals surface area (Å²) in [7, 11) is 0. The fourth-order valence-corrected chi connectivity index (χ4v) is 5.90. The summed E-state index contributed by atoms with van der Waals surface area (Å²) in [5, 5.41) is 51.5. The minimum absolute atomic E-state index is 0.0872. The van der Waals surface area contributed by atoms with E-state index in [1.54, 1.807) is 6.92 Å². The van der Waals surface area contributed by atoms with Crippen molar-refractivity contribution in [3.8, 4) is 0 Å². The van der Waals surface area contributed by atoms with Crippen LogP contribution in [0.1, 0.15) is 18.2 Å². The monoisotopic (exact) mass is 623 g/mol. The molecule has 12 N–H and O–H groups in total. The van der Waals surface area contributed by atoms with Crippen molar-refractivity contribution < 1.29 is 49.2 Å². The van der Waals surface area contributed by atoms with Crippen LogP contribution in [0.2, 0.25) is 0 Å². The normalized spacial score (nSPS) is 40.8. The predicted molar refractivity (Wildman–Crippen MR) is 146 cm³/mol. The molecule has 18 heteroatoms. The van der Waals surface area contributed by atoms with Crippen molar-refractivity contribution in [2.24, 2.45) is 17.2 Å². The SMILES string of the molecule is Cc1cn([C@H]2C[C@H](O)[C@@H](CSCCO[C@@H]3O[C@H](CO[C@@H]4O[C@H](CN)[C@@H](O)[C@H](O)[C@H]4N)[C@@H](O)[C@H](O)[C@H]3N)O2)c(=O)[nH]c1=O. The van der Waals surface area contributed by atoms with Crippen LogP contribution >= 0.6 is 11.8 Å². The molecule has 0 saturated carbocycles. The summed E-state index contributed by atoms with van der Waals surface area (Å²) in [6, 6.07) is -2.16. The molecular weight excluding hydrogens is 582 g/mol. The third-order valence-corrected chi connectivity index (χ3v) is 8.63. The van der Waals surface area contributed by atoms with Gasteiger partial charge in [0.15, 0.2) is 12.6 Å². The third-order valence-electron chi connectivity index (χ3n) is 7.61. The van der Waals surface area contributed by atoms with E-state index in [1.165, 1.54) is 22.5 Å². The van der Waals surface area contributed by atoms with E-state index < -0.39 is 91.0 Å². The number of ether oxygens (including phenoxy) is 5. The smallest absolute Gasteiger partial charge is 0.330 e. The first-order chi connectivity index (χ1) is 19.9. The minimum atomic E-state index is -1.41. The summed E-state index contributed by atoms with van der Waals surface area (Å²) >= 11 is 1.41. The van der Waals surface area contributed by atoms with E-state index in [1.807, 2.05) is 0 Å². The highest BCUT2D eigenvalue weighted by Crippen LogP contribution is 2.30. The zero-order valence-electron chi connectivity index (χ0n) is 23.0. The van der Waals surface area contributed by atoms with Crippen molar-refractivity contribution in [1.29, 1.82) is 0 Å². The Morgan fingerprint density at radius 3 is 2.24 bits per heavy atom. The molecule has 13 atom stereocenters. The standard InChI is InChI=1S/C24H41N5O12S/c1-9-6-29(24(36)28-21(9)35)14-4-10(30)13(39-14)8-42-3-2-37-22-15(26)20(34)18(32)12(41-22)7-38-23-16(27)19(33)17(31)11(5-25)40-23/h6,10-20,22-23,30-34H,2-5,7-8,25-27H2,1H3,(H,28,35,36)/t10-,11+,12+,13+,14+,15+,16+,17+,18+,19+,20+,22+,23+/m0/s1. The largest absolute Gasteiger partial charge is 0.390 e. The molecule has 0 aliphatic carbocycles.